The second kappa shape index (κ2) is 7.20. The van der Waals surface area contributed by atoms with Crippen LogP contribution in [0.25, 0.3) is 0 Å². The van der Waals surface area contributed by atoms with Crippen LogP contribution in [0.5, 0.6) is 0 Å². The fourth-order valence-electron chi connectivity index (χ4n) is 2.15. The van der Waals surface area contributed by atoms with Gasteiger partial charge in [0.15, 0.2) is 0 Å². The molecule has 3 heteroatoms. The van der Waals surface area contributed by atoms with E-state index in [9.17, 15) is 0 Å². The number of hydrogen-bond donors (Lipinski definition) is 1. The molecule has 2 unspecified atom stereocenters. The first-order chi connectivity index (χ1) is 7.27. The maximum absolute atomic E-state index is 5.17. The van der Waals surface area contributed by atoms with Gasteiger partial charge in [-0.2, -0.15) is 0 Å². The smallest absolute Gasteiger partial charge is 0.0589 e. The van der Waals surface area contributed by atoms with Crippen LogP contribution in [0.2, 0.25) is 0 Å². The summed E-state index contributed by atoms with van der Waals surface area (Å²) in [6.07, 6.45) is 3.89. The Kier molecular flexibility index (Phi) is 6.22. The first kappa shape index (κ1) is 12.9. The van der Waals surface area contributed by atoms with E-state index in [2.05, 4.69) is 24.1 Å². The molecule has 0 saturated carbocycles. The van der Waals surface area contributed by atoms with Crippen molar-refractivity contribution in [3.63, 3.8) is 0 Å². The van der Waals surface area contributed by atoms with Crippen molar-refractivity contribution in [1.82, 2.24) is 10.2 Å². The molecule has 1 aliphatic rings. The van der Waals surface area contributed by atoms with Crippen molar-refractivity contribution < 1.29 is 4.74 Å². The van der Waals surface area contributed by atoms with Crippen LogP contribution in [0, 0.1) is 0 Å². The van der Waals surface area contributed by atoms with Gasteiger partial charge in [0.2, 0.25) is 0 Å². The summed E-state index contributed by atoms with van der Waals surface area (Å²) in [6.45, 7) is 8.85. The van der Waals surface area contributed by atoms with Crippen molar-refractivity contribution in [2.75, 3.05) is 33.4 Å². The number of nitrogens with one attached hydrogen (secondary N) is 1. The summed E-state index contributed by atoms with van der Waals surface area (Å²) >= 11 is 0. The van der Waals surface area contributed by atoms with Crippen molar-refractivity contribution in [1.29, 1.82) is 0 Å². The van der Waals surface area contributed by atoms with Gasteiger partial charge in [0, 0.05) is 32.3 Å². The quantitative estimate of drug-likeness (QED) is 0.695. The van der Waals surface area contributed by atoms with Crippen LogP contribution in [0.1, 0.15) is 33.1 Å². The molecule has 0 amide bonds. The molecule has 0 aromatic carbocycles. The lowest BCUT2D eigenvalue weighted by molar-refractivity contribution is 0.116. The Morgan fingerprint density at radius 3 is 2.87 bits per heavy atom. The summed E-state index contributed by atoms with van der Waals surface area (Å²) in [4.78, 5) is 2.55. The molecule has 0 aliphatic carbocycles. The molecule has 1 fully saturated rings. The van der Waals surface area contributed by atoms with Gasteiger partial charge in [0.1, 0.15) is 0 Å². The van der Waals surface area contributed by atoms with Crippen LogP contribution in [-0.2, 0) is 4.74 Å². The van der Waals surface area contributed by atoms with Crippen molar-refractivity contribution in [3.8, 4) is 0 Å². The van der Waals surface area contributed by atoms with Gasteiger partial charge in [-0.05, 0) is 32.7 Å². The highest BCUT2D eigenvalue weighted by molar-refractivity contribution is 4.79. The zero-order valence-electron chi connectivity index (χ0n) is 10.5. The summed E-state index contributed by atoms with van der Waals surface area (Å²) in [7, 11) is 1.78. The van der Waals surface area contributed by atoms with Crippen molar-refractivity contribution in [3.05, 3.63) is 0 Å². The predicted molar refractivity (Wildman–Crippen MR) is 64.2 cm³/mol. The van der Waals surface area contributed by atoms with Crippen LogP contribution in [-0.4, -0.2) is 50.3 Å². The zero-order valence-corrected chi connectivity index (χ0v) is 10.5. The monoisotopic (exact) mass is 214 g/mol. The molecular weight excluding hydrogens is 188 g/mol. The molecule has 0 bridgehead atoms. The molecule has 0 radical (unpaired) electrons. The van der Waals surface area contributed by atoms with Crippen molar-refractivity contribution >= 4 is 0 Å². The number of ether oxygens (including phenoxy) is 1. The highest BCUT2D eigenvalue weighted by Crippen LogP contribution is 2.10. The summed E-state index contributed by atoms with van der Waals surface area (Å²) in [5, 5.41) is 3.56. The predicted octanol–water partition coefficient (Wildman–Crippen LogP) is 1.49. The van der Waals surface area contributed by atoms with E-state index in [1.807, 2.05) is 0 Å². The van der Waals surface area contributed by atoms with Crippen molar-refractivity contribution in [2.24, 2.45) is 0 Å². The topological polar surface area (TPSA) is 24.5 Å². The highest BCUT2D eigenvalue weighted by Gasteiger charge is 2.20. The van der Waals surface area contributed by atoms with E-state index in [-0.39, 0.29) is 0 Å². The maximum atomic E-state index is 5.17. The second-order valence-corrected chi connectivity index (χ2v) is 4.54. The molecule has 0 spiro atoms. The van der Waals surface area contributed by atoms with E-state index in [0.717, 1.165) is 13.2 Å². The number of rotatable bonds is 7. The number of methoxy groups -OCH3 is 1. The summed E-state index contributed by atoms with van der Waals surface area (Å²) in [5.74, 6) is 0. The Morgan fingerprint density at radius 1 is 1.53 bits per heavy atom. The number of hydrogen-bond acceptors (Lipinski definition) is 3. The Balaban J connectivity index is 2.32. The average molecular weight is 214 g/mol. The molecule has 90 valence electrons. The molecule has 1 rings (SSSR count). The lowest BCUT2D eigenvalue weighted by Gasteiger charge is -2.30. The van der Waals surface area contributed by atoms with Crippen LogP contribution < -0.4 is 5.32 Å². The minimum atomic E-state index is 0.669. The fraction of sp³-hybridized carbons (Fsp3) is 1.00. The van der Waals surface area contributed by atoms with Crippen LogP contribution in [0.15, 0.2) is 0 Å². The van der Waals surface area contributed by atoms with Gasteiger partial charge >= 0.3 is 0 Å². The molecule has 1 heterocycles. The third-order valence-electron chi connectivity index (χ3n) is 3.41. The summed E-state index contributed by atoms with van der Waals surface area (Å²) in [6, 6.07) is 1.37. The Bertz CT molecular complexity index is 158. The molecule has 0 aromatic heterocycles. The van der Waals surface area contributed by atoms with E-state index >= 15 is 0 Å². The minimum Gasteiger partial charge on any atom is -0.383 e. The normalized spacial score (nSPS) is 23.6. The SMILES string of the molecule is CCC(C)N(CCOC)CC1CCCN1. The molecule has 15 heavy (non-hydrogen) atoms. The van der Waals surface area contributed by atoms with E-state index in [1.54, 1.807) is 7.11 Å². The van der Waals surface area contributed by atoms with Gasteiger partial charge in [-0.1, -0.05) is 6.92 Å². The summed E-state index contributed by atoms with van der Waals surface area (Å²) in [5.41, 5.74) is 0. The van der Waals surface area contributed by atoms with E-state index in [1.165, 1.54) is 32.4 Å². The Hall–Kier alpha value is -0.120. The van der Waals surface area contributed by atoms with Crippen LogP contribution in [0.4, 0.5) is 0 Å². The first-order valence-electron chi connectivity index (χ1n) is 6.24. The maximum Gasteiger partial charge on any atom is 0.0589 e. The lowest BCUT2D eigenvalue weighted by atomic mass is 10.1. The molecule has 1 saturated heterocycles. The molecule has 2 atom stereocenters. The van der Waals surface area contributed by atoms with Crippen LogP contribution >= 0.6 is 0 Å². The largest absolute Gasteiger partial charge is 0.383 e. The minimum absolute atomic E-state index is 0.669. The third-order valence-corrected chi connectivity index (χ3v) is 3.41. The van der Waals surface area contributed by atoms with E-state index in [0.29, 0.717) is 12.1 Å². The molecule has 1 N–H and O–H groups in total. The average Bonchev–Trinajstić information content (AvgIpc) is 2.75. The molecular formula is C12H26N2O. The van der Waals surface area contributed by atoms with Gasteiger partial charge in [0.05, 0.1) is 6.61 Å². The van der Waals surface area contributed by atoms with Crippen LogP contribution in [0.3, 0.4) is 0 Å². The second-order valence-electron chi connectivity index (χ2n) is 4.54. The third kappa shape index (κ3) is 4.49. The molecule has 3 nitrogen and oxygen atoms in total. The van der Waals surface area contributed by atoms with Gasteiger partial charge < -0.3 is 10.1 Å². The lowest BCUT2D eigenvalue weighted by Crippen LogP contribution is -2.43. The van der Waals surface area contributed by atoms with E-state index < -0.39 is 0 Å². The van der Waals surface area contributed by atoms with Gasteiger partial charge in [-0.25, -0.2) is 0 Å². The zero-order chi connectivity index (χ0) is 11.1. The van der Waals surface area contributed by atoms with Gasteiger partial charge in [-0.15, -0.1) is 0 Å². The molecule has 0 aromatic rings. The summed E-state index contributed by atoms with van der Waals surface area (Å²) < 4.78 is 5.17. The number of nitrogens with zero attached hydrogens (tertiary/aromatic N) is 1. The highest BCUT2D eigenvalue weighted by atomic mass is 16.5. The first-order valence-corrected chi connectivity index (χ1v) is 6.24. The molecule has 1 aliphatic heterocycles. The fourth-order valence-corrected chi connectivity index (χ4v) is 2.15. The Labute approximate surface area is 94.2 Å². The van der Waals surface area contributed by atoms with E-state index in [4.69, 9.17) is 4.74 Å². The van der Waals surface area contributed by atoms with Gasteiger partial charge in [-0.3, -0.25) is 4.90 Å². The standard InChI is InChI=1S/C12H26N2O/c1-4-11(2)14(8-9-15-3)10-12-6-5-7-13-12/h11-13H,4-10H2,1-3H3. The Morgan fingerprint density at radius 2 is 2.33 bits per heavy atom. The van der Waals surface area contributed by atoms with Crippen molar-refractivity contribution in [2.45, 2.75) is 45.2 Å². The van der Waals surface area contributed by atoms with Gasteiger partial charge in [0.25, 0.3) is 0 Å².